The molecule has 1 aliphatic carbocycles. The molecule has 2 saturated heterocycles. The molecule has 3 heterocycles. The van der Waals surface area contributed by atoms with Crippen LogP contribution in [0.4, 0.5) is 0 Å². The highest BCUT2D eigenvalue weighted by atomic mass is 16.5. The van der Waals surface area contributed by atoms with Gasteiger partial charge in [0.25, 0.3) is 0 Å². The standard InChI is InChI=1S/C17H23N3O2/c21-17(14-2-1-3-14)20-11-15-16(12-20)22-9-8-19(15)10-13-4-6-18-7-5-13/h4-7,14-16H,1-3,8-12H2/t15-,16+/m1/s1. The molecule has 3 fully saturated rings. The number of pyridine rings is 1. The van der Waals surface area contributed by atoms with Gasteiger partial charge in [-0.25, -0.2) is 0 Å². The van der Waals surface area contributed by atoms with Crippen LogP contribution in [0.25, 0.3) is 0 Å². The Hall–Kier alpha value is -1.46. The third-order valence-corrected chi connectivity index (χ3v) is 5.32. The summed E-state index contributed by atoms with van der Waals surface area (Å²) in [5.74, 6) is 0.641. The van der Waals surface area contributed by atoms with Gasteiger partial charge in [0.15, 0.2) is 0 Å². The number of hydrogen-bond acceptors (Lipinski definition) is 4. The van der Waals surface area contributed by atoms with Gasteiger partial charge in [-0.1, -0.05) is 6.42 Å². The van der Waals surface area contributed by atoms with E-state index in [1.54, 1.807) is 0 Å². The quantitative estimate of drug-likeness (QED) is 0.844. The van der Waals surface area contributed by atoms with Gasteiger partial charge in [0.2, 0.25) is 5.91 Å². The molecule has 0 spiro atoms. The number of fused-ring (bicyclic) bond motifs is 1. The minimum absolute atomic E-state index is 0.180. The van der Waals surface area contributed by atoms with Gasteiger partial charge >= 0.3 is 0 Å². The predicted molar refractivity (Wildman–Crippen MR) is 82.1 cm³/mol. The Kier molecular flexibility index (Phi) is 3.84. The Morgan fingerprint density at radius 1 is 1.27 bits per heavy atom. The average Bonchev–Trinajstić information content (AvgIpc) is 2.92. The van der Waals surface area contributed by atoms with Gasteiger partial charge < -0.3 is 9.64 Å². The fourth-order valence-corrected chi connectivity index (χ4v) is 3.77. The van der Waals surface area contributed by atoms with Crippen LogP contribution in [0.3, 0.4) is 0 Å². The van der Waals surface area contributed by atoms with E-state index in [2.05, 4.69) is 22.0 Å². The number of amides is 1. The molecule has 0 aromatic carbocycles. The van der Waals surface area contributed by atoms with Gasteiger partial charge in [-0.2, -0.15) is 0 Å². The molecule has 3 aliphatic rings. The molecule has 5 heteroatoms. The molecule has 118 valence electrons. The SMILES string of the molecule is O=C(C1CCC1)N1C[C@@H]2OCCN(Cc3ccncc3)[C@@H]2C1. The zero-order chi connectivity index (χ0) is 14.9. The minimum Gasteiger partial charge on any atom is -0.373 e. The highest BCUT2D eigenvalue weighted by Gasteiger charge is 2.43. The molecule has 2 atom stereocenters. The van der Waals surface area contributed by atoms with Gasteiger partial charge in [-0.15, -0.1) is 0 Å². The normalized spacial score (nSPS) is 29.2. The van der Waals surface area contributed by atoms with Crippen LogP contribution in [-0.2, 0) is 16.1 Å². The molecule has 1 amide bonds. The van der Waals surface area contributed by atoms with Crippen molar-refractivity contribution in [2.75, 3.05) is 26.2 Å². The Morgan fingerprint density at radius 3 is 2.82 bits per heavy atom. The number of aromatic nitrogens is 1. The number of nitrogens with zero attached hydrogens (tertiary/aromatic N) is 3. The number of hydrogen-bond donors (Lipinski definition) is 0. The van der Waals surface area contributed by atoms with Crippen LogP contribution in [0.1, 0.15) is 24.8 Å². The first kappa shape index (κ1) is 14.2. The molecular formula is C17H23N3O2. The van der Waals surface area contributed by atoms with E-state index in [1.165, 1.54) is 12.0 Å². The highest BCUT2D eigenvalue weighted by molar-refractivity contribution is 5.80. The summed E-state index contributed by atoms with van der Waals surface area (Å²) < 4.78 is 5.93. The minimum atomic E-state index is 0.180. The summed E-state index contributed by atoms with van der Waals surface area (Å²) in [7, 11) is 0. The number of ether oxygens (including phenoxy) is 1. The van der Waals surface area contributed by atoms with Gasteiger partial charge in [-0.05, 0) is 30.5 Å². The number of likely N-dealkylation sites (tertiary alicyclic amines) is 1. The molecule has 1 saturated carbocycles. The van der Waals surface area contributed by atoms with Gasteiger partial charge in [0, 0.05) is 44.5 Å². The van der Waals surface area contributed by atoms with Gasteiger partial charge in [0.05, 0.1) is 18.8 Å². The van der Waals surface area contributed by atoms with Crippen molar-refractivity contribution in [1.29, 1.82) is 0 Å². The van der Waals surface area contributed by atoms with Crippen molar-refractivity contribution < 1.29 is 9.53 Å². The summed E-state index contributed by atoms with van der Waals surface area (Å²) in [5.41, 5.74) is 1.28. The maximum atomic E-state index is 12.5. The van der Waals surface area contributed by atoms with Crippen LogP contribution in [0.2, 0.25) is 0 Å². The number of carbonyl (C=O) groups is 1. The first-order valence-corrected chi connectivity index (χ1v) is 8.34. The average molecular weight is 301 g/mol. The van der Waals surface area contributed by atoms with E-state index in [9.17, 15) is 4.79 Å². The lowest BCUT2D eigenvalue weighted by Crippen LogP contribution is -2.50. The van der Waals surface area contributed by atoms with Crippen LogP contribution in [0, 0.1) is 5.92 Å². The number of rotatable bonds is 3. The van der Waals surface area contributed by atoms with E-state index in [4.69, 9.17) is 4.74 Å². The fraction of sp³-hybridized carbons (Fsp3) is 0.647. The summed E-state index contributed by atoms with van der Waals surface area (Å²) in [6, 6.07) is 4.47. The van der Waals surface area contributed by atoms with Gasteiger partial charge in [0.1, 0.15) is 0 Å². The Labute approximate surface area is 131 Å². The van der Waals surface area contributed by atoms with Crippen molar-refractivity contribution in [1.82, 2.24) is 14.8 Å². The van der Waals surface area contributed by atoms with E-state index in [0.29, 0.717) is 11.9 Å². The Morgan fingerprint density at radius 2 is 2.09 bits per heavy atom. The smallest absolute Gasteiger partial charge is 0.225 e. The second-order valence-electron chi connectivity index (χ2n) is 6.67. The van der Waals surface area contributed by atoms with E-state index < -0.39 is 0 Å². The van der Waals surface area contributed by atoms with Crippen LogP contribution in [0.5, 0.6) is 0 Å². The third kappa shape index (κ3) is 2.63. The Balaban J connectivity index is 1.43. The summed E-state index contributed by atoms with van der Waals surface area (Å²) >= 11 is 0. The maximum absolute atomic E-state index is 12.5. The lowest BCUT2D eigenvalue weighted by atomic mass is 9.84. The topological polar surface area (TPSA) is 45.7 Å². The zero-order valence-electron chi connectivity index (χ0n) is 12.9. The first-order chi connectivity index (χ1) is 10.8. The summed E-state index contributed by atoms with van der Waals surface area (Å²) in [4.78, 5) is 21.1. The van der Waals surface area contributed by atoms with Crippen LogP contribution in [0.15, 0.2) is 24.5 Å². The van der Waals surface area contributed by atoms with Crippen molar-refractivity contribution in [3.05, 3.63) is 30.1 Å². The molecule has 5 nitrogen and oxygen atoms in total. The molecule has 1 aromatic rings. The van der Waals surface area contributed by atoms with E-state index in [-0.39, 0.29) is 12.0 Å². The monoisotopic (exact) mass is 301 g/mol. The summed E-state index contributed by atoms with van der Waals surface area (Å²) in [6.45, 7) is 4.21. The second kappa shape index (κ2) is 5.97. The number of carbonyl (C=O) groups excluding carboxylic acids is 1. The second-order valence-corrected chi connectivity index (χ2v) is 6.67. The highest BCUT2D eigenvalue weighted by Crippen LogP contribution is 2.31. The van der Waals surface area contributed by atoms with Crippen molar-refractivity contribution >= 4 is 5.91 Å². The lowest BCUT2D eigenvalue weighted by Gasteiger charge is -2.36. The van der Waals surface area contributed by atoms with Crippen LogP contribution in [-0.4, -0.2) is 59.1 Å². The van der Waals surface area contributed by atoms with Crippen molar-refractivity contribution in [2.45, 2.75) is 38.0 Å². The fourth-order valence-electron chi connectivity index (χ4n) is 3.77. The first-order valence-electron chi connectivity index (χ1n) is 8.34. The zero-order valence-corrected chi connectivity index (χ0v) is 12.9. The molecule has 0 bridgehead atoms. The molecule has 2 aliphatic heterocycles. The lowest BCUT2D eigenvalue weighted by molar-refractivity contribution is -0.137. The molecule has 1 aromatic heterocycles. The molecule has 4 rings (SSSR count). The Bertz CT molecular complexity index is 532. The summed E-state index contributed by atoms with van der Waals surface area (Å²) in [5, 5.41) is 0. The van der Waals surface area contributed by atoms with E-state index >= 15 is 0 Å². The van der Waals surface area contributed by atoms with E-state index in [1.807, 2.05) is 17.3 Å². The molecular weight excluding hydrogens is 278 g/mol. The predicted octanol–water partition coefficient (Wildman–Crippen LogP) is 1.29. The maximum Gasteiger partial charge on any atom is 0.225 e. The number of morpholine rings is 1. The van der Waals surface area contributed by atoms with Crippen molar-refractivity contribution in [3.8, 4) is 0 Å². The molecule has 22 heavy (non-hydrogen) atoms. The largest absolute Gasteiger partial charge is 0.373 e. The van der Waals surface area contributed by atoms with Crippen molar-refractivity contribution in [2.24, 2.45) is 5.92 Å². The molecule has 0 N–H and O–H groups in total. The summed E-state index contributed by atoms with van der Waals surface area (Å²) in [6.07, 6.45) is 7.22. The van der Waals surface area contributed by atoms with Gasteiger partial charge in [-0.3, -0.25) is 14.7 Å². The molecule has 0 unspecified atom stereocenters. The third-order valence-electron chi connectivity index (χ3n) is 5.32. The van der Waals surface area contributed by atoms with Crippen molar-refractivity contribution in [3.63, 3.8) is 0 Å². The molecule has 0 radical (unpaired) electrons. The van der Waals surface area contributed by atoms with E-state index in [0.717, 1.165) is 45.6 Å². The van der Waals surface area contributed by atoms with Crippen LogP contribution < -0.4 is 0 Å². The van der Waals surface area contributed by atoms with Crippen LogP contribution >= 0.6 is 0 Å².